The molecule has 1 aromatic heterocycles. The van der Waals surface area contributed by atoms with Crippen molar-refractivity contribution in [1.29, 1.82) is 0 Å². The Kier molecular flexibility index (Phi) is 5.92. The first-order chi connectivity index (χ1) is 9.70. The van der Waals surface area contributed by atoms with Crippen LogP contribution in [-0.2, 0) is 0 Å². The van der Waals surface area contributed by atoms with Gasteiger partial charge in [0.05, 0.1) is 5.69 Å². The number of hydrogen-bond acceptors (Lipinski definition) is 4. The van der Waals surface area contributed by atoms with E-state index in [-0.39, 0.29) is 24.0 Å². The van der Waals surface area contributed by atoms with Crippen LogP contribution in [0.2, 0.25) is 5.02 Å². The predicted molar refractivity (Wildman–Crippen MR) is 103 cm³/mol. The second-order valence-electron chi connectivity index (χ2n) is 4.15. The summed E-state index contributed by atoms with van der Waals surface area (Å²) in [6.45, 7) is 0. The predicted octanol–water partition coefficient (Wildman–Crippen LogP) is 5.81. The van der Waals surface area contributed by atoms with Crippen LogP contribution in [0.4, 0.5) is 5.13 Å². The molecule has 0 saturated heterocycles. The zero-order chi connectivity index (χ0) is 13.9. The molecule has 3 aromatic rings. The van der Waals surface area contributed by atoms with Gasteiger partial charge in [0, 0.05) is 25.8 Å². The first kappa shape index (κ1) is 16.6. The maximum atomic E-state index is 5.88. The van der Waals surface area contributed by atoms with Gasteiger partial charge >= 0.3 is 0 Å². The number of halogens is 2. The SMILES string of the molecule is I.Nc1nc(-c2ccc(Sc3ccc(Cl)cc3)cc2)cs1. The third kappa shape index (κ3) is 4.35. The normalized spacial score (nSPS) is 10.1. The van der Waals surface area contributed by atoms with Crippen molar-refractivity contribution in [1.82, 2.24) is 4.98 Å². The molecule has 0 atom stereocenters. The van der Waals surface area contributed by atoms with Crippen molar-refractivity contribution in [3.63, 3.8) is 0 Å². The van der Waals surface area contributed by atoms with Crippen LogP contribution in [-0.4, -0.2) is 4.98 Å². The van der Waals surface area contributed by atoms with Crippen molar-refractivity contribution in [2.45, 2.75) is 9.79 Å². The second kappa shape index (κ2) is 7.49. The molecule has 1 heterocycles. The Labute approximate surface area is 153 Å². The molecule has 108 valence electrons. The van der Waals surface area contributed by atoms with Gasteiger partial charge in [-0.3, -0.25) is 0 Å². The number of nitrogen functional groups attached to an aromatic ring is 1. The van der Waals surface area contributed by atoms with Gasteiger partial charge in [0.2, 0.25) is 0 Å². The summed E-state index contributed by atoms with van der Waals surface area (Å²) in [5.74, 6) is 0. The van der Waals surface area contributed by atoms with Crippen molar-refractivity contribution in [2.24, 2.45) is 0 Å². The lowest BCUT2D eigenvalue weighted by Crippen LogP contribution is -1.83. The molecule has 21 heavy (non-hydrogen) atoms. The monoisotopic (exact) mass is 446 g/mol. The van der Waals surface area contributed by atoms with E-state index in [1.54, 1.807) is 11.8 Å². The minimum Gasteiger partial charge on any atom is -0.375 e. The molecule has 0 radical (unpaired) electrons. The number of thiazole rings is 1. The summed E-state index contributed by atoms with van der Waals surface area (Å²) >= 11 is 9.04. The zero-order valence-corrected chi connectivity index (χ0v) is 15.5. The molecule has 0 fully saturated rings. The molecule has 6 heteroatoms. The summed E-state index contributed by atoms with van der Waals surface area (Å²) in [4.78, 5) is 6.63. The van der Waals surface area contributed by atoms with Gasteiger partial charge in [-0.15, -0.1) is 35.3 Å². The van der Waals surface area contributed by atoms with E-state index < -0.39 is 0 Å². The average Bonchev–Trinajstić information content (AvgIpc) is 2.89. The van der Waals surface area contributed by atoms with E-state index >= 15 is 0 Å². The highest BCUT2D eigenvalue weighted by atomic mass is 127. The molecule has 2 aromatic carbocycles. The van der Waals surface area contributed by atoms with Crippen molar-refractivity contribution in [3.05, 3.63) is 58.9 Å². The van der Waals surface area contributed by atoms with E-state index in [2.05, 4.69) is 29.2 Å². The minimum atomic E-state index is 0. The summed E-state index contributed by atoms with van der Waals surface area (Å²) in [6, 6.07) is 16.1. The first-order valence-electron chi connectivity index (χ1n) is 5.95. The van der Waals surface area contributed by atoms with E-state index in [0.29, 0.717) is 5.13 Å². The Morgan fingerprint density at radius 3 is 2.05 bits per heavy atom. The molecule has 2 N–H and O–H groups in total. The van der Waals surface area contributed by atoms with Gasteiger partial charge in [-0.2, -0.15) is 0 Å². The minimum absolute atomic E-state index is 0. The Balaban J connectivity index is 0.00000161. The van der Waals surface area contributed by atoms with Gasteiger partial charge in [0.15, 0.2) is 5.13 Å². The summed E-state index contributed by atoms with van der Waals surface area (Å²) < 4.78 is 0. The Bertz CT molecular complexity index is 711. The van der Waals surface area contributed by atoms with Crippen LogP contribution in [0.25, 0.3) is 11.3 Å². The Morgan fingerprint density at radius 2 is 1.52 bits per heavy atom. The molecule has 0 aliphatic rings. The van der Waals surface area contributed by atoms with Gasteiger partial charge < -0.3 is 5.73 Å². The average molecular weight is 447 g/mol. The smallest absolute Gasteiger partial charge is 0.180 e. The number of nitrogens with two attached hydrogens (primary N) is 1. The van der Waals surface area contributed by atoms with Crippen LogP contribution in [0.3, 0.4) is 0 Å². The fourth-order valence-corrected chi connectivity index (χ4v) is 3.27. The quantitative estimate of drug-likeness (QED) is 0.516. The first-order valence-corrected chi connectivity index (χ1v) is 8.03. The molecule has 2 nitrogen and oxygen atoms in total. The maximum absolute atomic E-state index is 5.88. The lowest BCUT2D eigenvalue weighted by atomic mass is 10.2. The van der Waals surface area contributed by atoms with Gasteiger partial charge in [-0.1, -0.05) is 35.5 Å². The number of aromatic nitrogens is 1. The number of hydrogen-bond donors (Lipinski definition) is 1. The van der Waals surface area contributed by atoms with Gasteiger partial charge in [0.25, 0.3) is 0 Å². The second-order valence-corrected chi connectivity index (χ2v) is 6.62. The van der Waals surface area contributed by atoms with Crippen LogP contribution in [0.1, 0.15) is 0 Å². The van der Waals surface area contributed by atoms with Crippen LogP contribution in [0.15, 0.2) is 63.7 Å². The maximum Gasteiger partial charge on any atom is 0.180 e. The van der Waals surface area contributed by atoms with E-state index in [4.69, 9.17) is 17.3 Å². The third-order valence-corrected chi connectivity index (χ3v) is 4.66. The summed E-state index contributed by atoms with van der Waals surface area (Å²) in [5, 5.41) is 3.32. The summed E-state index contributed by atoms with van der Waals surface area (Å²) in [5.41, 5.74) is 7.66. The highest BCUT2D eigenvalue weighted by molar-refractivity contribution is 14.0. The molecule has 0 bridgehead atoms. The number of anilines is 1. The van der Waals surface area contributed by atoms with E-state index in [0.717, 1.165) is 16.3 Å². The van der Waals surface area contributed by atoms with Crippen LogP contribution >= 0.6 is 58.7 Å². The van der Waals surface area contributed by atoms with Crippen LogP contribution in [0, 0.1) is 0 Å². The lowest BCUT2D eigenvalue weighted by Gasteiger charge is -2.03. The summed E-state index contributed by atoms with van der Waals surface area (Å²) in [6.07, 6.45) is 0. The highest BCUT2D eigenvalue weighted by Crippen LogP contribution is 2.31. The molecular formula is C15H12ClIN2S2. The zero-order valence-electron chi connectivity index (χ0n) is 10.8. The van der Waals surface area contributed by atoms with E-state index in [9.17, 15) is 0 Å². The van der Waals surface area contributed by atoms with Gasteiger partial charge in [-0.25, -0.2) is 4.98 Å². The largest absolute Gasteiger partial charge is 0.375 e. The third-order valence-electron chi connectivity index (χ3n) is 2.72. The standard InChI is InChI=1S/C15H11ClN2S2.HI/c16-11-3-7-13(8-4-11)20-12-5-1-10(2-6-12)14-9-19-15(17)18-14;/h1-9H,(H2,17,18);1H. The van der Waals surface area contributed by atoms with E-state index in [1.807, 2.05) is 29.6 Å². The van der Waals surface area contributed by atoms with Crippen molar-refractivity contribution < 1.29 is 0 Å². The Hall–Kier alpha value is -0.760. The number of rotatable bonds is 3. The Morgan fingerprint density at radius 1 is 0.952 bits per heavy atom. The summed E-state index contributed by atoms with van der Waals surface area (Å²) in [7, 11) is 0. The lowest BCUT2D eigenvalue weighted by molar-refractivity contribution is 1.37. The molecule has 0 aliphatic heterocycles. The molecule has 0 aliphatic carbocycles. The van der Waals surface area contributed by atoms with Crippen LogP contribution < -0.4 is 5.73 Å². The molecule has 0 amide bonds. The molecule has 0 saturated carbocycles. The van der Waals surface area contributed by atoms with Gasteiger partial charge in [-0.05, 0) is 36.4 Å². The highest BCUT2D eigenvalue weighted by Gasteiger charge is 2.03. The fraction of sp³-hybridized carbons (Fsp3) is 0. The van der Waals surface area contributed by atoms with Crippen molar-refractivity contribution in [2.75, 3.05) is 5.73 Å². The number of nitrogens with zero attached hydrogens (tertiary/aromatic N) is 1. The molecule has 0 spiro atoms. The molecule has 0 unspecified atom stereocenters. The number of benzene rings is 2. The van der Waals surface area contributed by atoms with Crippen molar-refractivity contribution >= 4 is 63.8 Å². The van der Waals surface area contributed by atoms with Gasteiger partial charge in [0.1, 0.15) is 0 Å². The van der Waals surface area contributed by atoms with Crippen LogP contribution in [0.5, 0.6) is 0 Å². The molecule has 3 rings (SSSR count). The fourth-order valence-electron chi connectivity index (χ4n) is 1.75. The topological polar surface area (TPSA) is 38.9 Å². The van der Waals surface area contributed by atoms with E-state index in [1.165, 1.54) is 21.1 Å². The molecular weight excluding hydrogens is 435 g/mol. The van der Waals surface area contributed by atoms with Crippen molar-refractivity contribution in [3.8, 4) is 11.3 Å².